The number of halogens is 3. The Kier molecular flexibility index (Phi) is 7.36. The topological polar surface area (TPSA) is 113 Å². The van der Waals surface area contributed by atoms with Crippen molar-refractivity contribution >= 4 is 55.8 Å². The molecular formula is C30H25ClF2N4O5S. The molecule has 2 atom stereocenters. The van der Waals surface area contributed by atoms with Crippen molar-refractivity contribution in [3.63, 3.8) is 0 Å². The Bertz CT molecular complexity index is 1900. The molecule has 5 heterocycles. The molecule has 1 aliphatic carbocycles. The highest BCUT2D eigenvalue weighted by molar-refractivity contribution is 7.20. The fourth-order valence-corrected chi connectivity index (χ4v) is 6.67. The Balaban J connectivity index is 1.05. The van der Waals surface area contributed by atoms with E-state index in [1.54, 1.807) is 18.2 Å². The number of thiophene rings is 1. The number of aromatic nitrogens is 4. The van der Waals surface area contributed by atoms with Crippen LogP contribution in [-0.2, 0) is 24.3 Å². The summed E-state index contributed by atoms with van der Waals surface area (Å²) in [4.78, 5) is 25.9. The maximum absolute atomic E-state index is 14.6. The Morgan fingerprint density at radius 3 is 2.84 bits per heavy atom. The fraction of sp³-hybridized carbons (Fsp3) is 0.333. The molecule has 0 bridgehead atoms. The highest BCUT2D eigenvalue weighted by atomic mass is 35.5. The third-order valence-corrected chi connectivity index (χ3v) is 9.29. The molecule has 0 amide bonds. The van der Waals surface area contributed by atoms with Crippen LogP contribution >= 0.6 is 22.9 Å². The summed E-state index contributed by atoms with van der Waals surface area (Å²) in [6, 6.07) is 5.36. The predicted octanol–water partition coefficient (Wildman–Crippen LogP) is 7.06. The average molecular weight is 627 g/mol. The van der Waals surface area contributed by atoms with E-state index >= 15 is 0 Å². The number of carboxylic acids is 1. The summed E-state index contributed by atoms with van der Waals surface area (Å²) in [5.74, 6) is -0.223. The van der Waals surface area contributed by atoms with Crippen LogP contribution in [0.3, 0.4) is 0 Å². The quantitative estimate of drug-likeness (QED) is 0.185. The highest BCUT2D eigenvalue weighted by Crippen LogP contribution is 2.35. The van der Waals surface area contributed by atoms with E-state index in [1.165, 1.54) is 17.4 Å². The van der Waals surface area contributed by atoms with E-state index in [4.69, 9.17) is 30.5 Å². The molecule has 43 heavy (non-hydrogen) atoms. The van der Waals surface area contributed by atoms with E-state index < -0.39 is 17.8 Å². The maximum atomic E-state index is 14.6. The molecule has 0 radical (unpaired) electrons. The molecule has 1 unspecified atom stereocenters. The maximum Gasteiger partial charge on any atom is 0.346 e. The van der Waals surface area contributed by atoms with Crippen LogP contribution in [0.5, 0.6) is 5.88 Å². The van der Waals surface area contributed by atoms with Crippen molar-refractivity contribution in [1.29, 1.82) is 0 Å². The van der Waals surface area contributed by atoms with Gasteiger partial charge in [-0.15, -0.1) is 11.3 Å². The summed E-state index contributed by atoms with van der Waals surface area (Å²) in [5.41, 5.74) is 2.48. The van der Waals surface area contributed by atoms with Crippen LogP contribution in [0.1, 0.15) is 52.6 Å². The zero-order valence-corrected chi connectivity index (χ0v) is 24.3. The van der Waals surface area contributed by atoms with Gasteiger partial charge in [0.05, 0.1) is 29.4 Å². The lowest BCUT2D eigenvalue weighted by Crippen LogP contribution is -2.32. The molecule has 1 saturated heterocycles. The van der Waals surface area contributed by atoms with Gasteiger partial charge in [0.1, 0.15) is 27.7 Å². The first-order chi connectivity index (χ1) is 20.8. The lowest BCUT2D eigenvalue weighted by Gasteiger charge is -2.28. The smallest absolute Gasteiger partial charge is 0.346 e. The number of benzene rings is 1. The number of ether oxygens (including phenoxy) is 2. The first kappa shape index (κ1) is 27.9. The number of carbonyl (C=O) groups is 1. The third kappa shape index (κ3) is 5.50. The molecule has 1 aromatic carbocycles. The van der Waals surface area contributed by atoms with Crippen LogP contribution in [0.2, 0.25) is 5.02 Å². The normalized spacial score (nSPS) is 18.6. The minimum absolute atomic E-state index is 0.0981. The first-order valence-corrected chi connectivity index (χ1v) is 15.1. The van der Waals surface area contributed by atoms with Crippen molar-refractivity contribution < 1.29 is 32.6 Å². The van der Waals surface area contributed by atoms with Crippen molar-refractivity contribution in [3.05, 3.63) is 75.5 Å². The van der Waals surface area contributed by atoms with Gasteiger partial charge in [-0.25, -0.2) is 14.8 Å². The second kappa shape index (κ2) is 11.3. The van der Waals surface area contributed by atoms with Crippen molar-refractivity contribution in [2.24, 2.45) is 5.92 Å². The van der Waals surface area contributed by atoms with Gasteiger partial charge in [0.15, 0.2) is 5.82 Å². The van der Waals surface area contributed by atoms with Gasteiger partial charge in [0.25, 0.3) is 11.9 Å². The molecule has 1 aliphatic heterocycles. The summed E-state index contributed by atoms with van der Waals surface area (Å²) in [6.07, 6.45) is 7.31. The summed E-state index contributed by atoms with van der Waals surface area (Å²) in [6.45, 7) is 1.29. The van der Waals surface area contributed by atoms with Crippen molar-refractivity contribution in [2.75, 3.05) is 6.61 Å². The number of hydrogen-bond acceptors (Lipinski definition) is 8. The largest absolute Gasteiger partial charge is 0.477 e. The van der Waals surface area contributed by atoms with Gasteiger partial charge in [-0.1, -0.05) is 23.7 Å². The Morgan fingerprint density at radius 2 is 2.09 bits per heavy atom. The van der Waals surface area contributed by atoms with Crippen molar-refractivity contribution in [2.45, 2.75) is 51.4 Å². The molecule has 1 fully saturated rings. The summed E-state index contributed by atoms with van der Waals surface area (Å²) < 4.78 is 46.9. The number of hydrogen-bond donors (Lipinski definition) is 1. The van der Waals surface area contributed by atoms with Gasteiger partial charge in [0.2, 0.25) is 5.82 Å². The number of fused-ring (bicyclic) bond motifs is 2. The van der Waals surface area contributed by atoms with E-state index in [9.17, 15) is 18.7 Å². The van der Waals surface area contributed by atoms with E-state index in [0.29, 0.717) is 40.7 Å². The van der Waals surface area contributed by atoms with Gasteiger partial charge in [-0.2, -0.15) is 13.8 Å². The number of aromatic carboxylic acids is 1. The minimum Gasteiger partial charge on any atom is -0.477 e. The van der Waals surface area contributed by atoms with Crippen molar-refractivity contribution in [3.8, 4) is 5.88 Å². The number of nitrogens with zero attached hydrogens (tertiary/aromatic N) is 4. The third-order valence-electron chi connectivity index (χ3n) is 7.95. The summed E-state index contributed by atoms with van der Waals surface area (Å²) in [5, 5.41) is 10.2. The summed E-state index contributed by atoms with van der Waals surface area (Å²) >= 11 is 7.32. The molecular weight excluding hydrogens is 602 g/mol. The van der Waals surface area contributed by atoms with Gasteiger partial charge in [-0.3, -0.25) is 0 Å². The second-order valence-corrected chi connectivity index (χ2v) is 12.2. The van der Waals surface area contributed by atoms with Crippen molar-refractivity contribution in [1.82, 2.24) is 19.5 Å². The molecule has 4 aromatic heterocycles. The molecule has 9 nitrogen and oxygen atoms in total. The number of allylic oxidation sites excluding steroid dienone is 2. The Morgan fingerprint density at radius 1 is 1.23 bits per heavy atom. The van der Waals surface area contributed by atoms with Crippen LogP contribution < -0.4 is 4.74 Å². The molecule has 2 aliphatic rings. The second-order valence-electron chi connectivity index (χ2n) is 10.7. The number of furan rings is 1. The molecule has 13 heteroatoms. The molecule has 7 rings (SSSR count). The van der Waals surface area contributed by atoms with Crippen LogP contribution in [0.4, 0.5) is 8.78 Å². The molecule has 222 valence electrons. The molecule has 5 aromatic rings. The van der Waals surface area contributed by atoms with Gasteiger partial charge < -0.3 is 23.6 Å². The van der Waals surface area contributed by atoms with E-state index in [0.717, 1.165) is 60.2 Å². The van der Waals surface area contributed by atoms with E-state index in [-0.39, 0.29) is 29.1 Å². The monoisotopic (exact) mass is 626 g/mol. The summed E-state index contributed by atoms with van der Waals surface area (Å²) in [7, 11) is 0. The SMILES string of the molecule is O=C(O)c1cc2c(nc(CC3CC=C(c4ncc(F)c(OCc5ccc(Cl)c6cc(F)oc56)n4)CC3)n2C[C@@H]2CCO2)s1. The lowest BCUT2D eigenvalue weighted by atomic mass is 9.87. The highest BCUT2D eigenvalue weighted by Gasteiger charge is 2.26. The van der Waals surface area contributed by atoms with Crippen LogP contribution in [0.15, 0.2) is 41.0 Å². The number of imidazole rings is 1. The standard InChI is InChI=1S/C30H25ClF2N4O5S/c31-20-6-5-17(26-19(20)10-24(33)42-26)14-41-28-21(32)12-34-27(36-28)16-3-1-15(2-4-16)9-25-35-29-22(11-23(43-29)30(38)39)37(25)13-18-7-8-40-18/h3,5-6,10-12,15,18H,1-2,4,7-9,13-14H2,(H,38,39)/t15?,18-/m0/s1. The van der Waals surface area contributed by atoms with Crippen LogP contribution in [0, 0.1) is 17.7 Å². The zero-order chi connectivity index (χ0) is 29.7. The van der Waals surface area contributed by atoms with E-state index in [1.807, 2.05) is 0 Å². The van der Waals surface area contributed by atoms with Gasteiger partial charge >= 0.3 is 5.97 Å². The van der Waals surface area contributed by atoms with Crippen LogP contribution in [-0.4, -0.2) is 43.3 Å². The Labute approximate surface area is 252 Å². The lowest BCUT2D eigenvalue weighted by molar-refractivity contribution is -0.0590. The number of rotatable bonds is 9. The predicted molar refractivity (Wildman–Crippen MR) is 155 cm³/mol. The molecule has 1 N–H and O–H groups in total. The molecule has 0 saturated carbocycles. The minimum atomic E-state index is -0.951. The zero-order valence-electron chi connectivity index (χ0n) is 22.7. The van der Waals surface area contributed by atoms with Gasteiger partial charge in [-0.05, 0) is 49.3 Å². The molecule has 0 spiro atoms. The van der Waals surface area contributed by atoms with E-state index in [2.05, 4.69) is 20.6 Å². The first-order valence-electron chi connectivity index (χ1n) is 13.9. The Hall–Kier alpha value is -3.87. The van der Waals surface area contributed by atoms with Gasteiger partial charge in [0, 0.05) is 30.0 Å². The average Bonchev–Trinajstić information content (AvgIpc) is 3.65. The fourth-order valence-electron chi connectivity index (χ4n) is 5.58. The number of carboxylic acid groups (broad SMARTS) is 1. The van der Waals surface area contributed by atoms with Crippen LogP contribution in [0.25, 0.3) is 26.9 Å².